The van der Waals surface area contributed by atoms with Crippen molar-refractivity contribution in [2.75, 3.05) is 6.54 Å². The van der Waals surface area contributed by atoms with Gasteiger partial charge in [0.2, 0.25) is 5.91 Å². The van der Waals surface area contributed by atoms with Gasteiger partial charge in [0.1, 0.15) is 0 Å². The predicted octanol–water partition coefficient (Wildman–Crippen LogP) is 5.05. The molecule has 1 fully saturated rings. The van der Waals surface area contributed by atoms with Gasteiger partial charge in [0.15, 0.2) is 6.10 Å². The van der Waals surface area contributed by atoms with Gasteiger partial charge in [0, 0.05) is 23.9 Å². The van der Waals surface area contributed by atoms with Gasteiger partial charge >= 0.3 is 0 Å². The Bertz CT molecular complexity index is 847. The quantitative estimate of drug-likeness (QED) is 0.685. The fourth-order valence-corrected chi connectivity index (χ4v) is 4.31. The normalized spacial score (nSPS) is 19.3. The van der Waals surface area contributed by atoms with Crippen LogP contribution in [-0.2, 0) is 16.2 Å². The Kier molecular flexibility index (Phi) is 5.96. The molecule has 1 atom stereocenters. The fourth-order valence-electron chi connectivity index (χ4n) is 4.09. The number of halogens is 1. The first-order valence-corrected chi connectivity index (χ1v) is 10.4. The van der Waals surface area contributed by atoms with Crippen LogP contribution in [0.25, 0.3) is 0 Å². The maximum Gasteiger partial charge on any atom is 0.226 e. The van der Waals surface area contributed by atoms with E-state index in [4.69, 9.17) is 16.4 Å². The van der Waals surface area contributed by atoms with Crippen LogP contribution in [0, 0.1) is 5.92 Å². The van der Waals surface area contributed by atoms with Crippen LogP contribution in [0.2, 0.25) is 5.02 Å². The van der Waals surface area contributed by atoms with Crippen LogP contribution in [0.15, 0.2) is 59.8 Å². The first-order chi connectivity index (χ1) is 13.7. The number of carbonyl (C=O) groups excluding carboxylic acids is 1. The first kappa shape index (κ1) is 19.0. The molecule has 2 aromatic rings. The van der Waals surface area contributed by atoms with Crippen LogP contribution < -0.4 is 0 Å². The summed E-state index contributed by atoms with van der Waals surface area (Å²) < 4.78 is 0. The lowest BCUT2D eigenvalue weighted by molar-refractivity contribution is -0.137. The number of hydrogen-bond acceptors (Lipinski definition) is 3. The van der Waals surface area contributed by atoms with Gasteiger partial charge in [-0.2, -0.15) is 0 Å². The lowest BCUT2D eigenvalue weighted by atomic mass is 10.0. The van der Waals surface area contributed by atoms with Crippen molar-refractivity contribution in [3.63, 3.8) is 0 Å². The molecular formula is C23H25ClN2O2. The Morgan fingerprint density at radius 2 is 1.89 bits per heavy atom. The van der Waals surface area contributed by atoms with Crippen molar-refractivity contribution in [2.24, 2.45) is 11.1 Å². The highest BCUT2D eigenvalue weighted by Gasteiger charge is 2.31. The molecule has 5 heteroatoms. The summed E-state index contributed by atoms with van der Waals surface area (Å²) in [6.45, 7) is 1.10. The van der Waals surface area contributed by atoms with Crippen LogP contribution in [0.1, 0.15) is 43.2 Å². The molecule has 0 aromatic heterocycles. The molecule has 28 heavy (non-hydrogen) atoms. The van der Waals surface area contributed by atoms with Gasteiger partial charge in [-0.05, 0) is 36.1 Å². The van der Waals surface area contributed by atoms with Crippen molar-refractivity contribution >= 4 is 23.2 Å². The van der Waals surface area contributed by atoms with E-state index in [1.165, 1.54) is 0 Å². The van der Waals surface area contributed by atoms with Crippen molar-refractivity contribution in [1.82, 2.24) is 4.90 Å². The maximum atomic E-state index is 13.2. The molecule has 1 heterocycles. The average Bonchev–Trinajstić information content (AvgIpc) is 3.40. The zero-order valence-corrected chi connectivity index (χ0v) is 16.6. The summed E-state index contributed by atoms with van der Waals surface area (Å²) in [5, 5.41) is 4.97. The van der Waals surface area contributed by atoms with Gasteiger partial charge in [-0.1, -0.05) is 72.1 Å². The number of carbonyl (C=O) groups is 1. The fraction of sp³-hybridized carbons (Fsp3) is 0.391. The summed E-state index contributed by atoms with van der Waals surface area (Å²) in [6, 6.07) is 17.8. The molecule has 0 unspecified atom stereocenters. The van der Waals surface area contributed by atoms with Crippen LogP contribution in [0.3, 0.4) is 0 Å². The summed E-state index contributed by atoms with van der Waals surface area (Å²) in [4.78, 5) is 20.8. The second-order valence-electron chi connectivity index (χ2n) is 7.67. The Morgan fingerprint density at radius 3 is 2.64 bits per heavy atom. The number of hydrogen-bond donors (Lipinski definition) is 0. The Hall–Kier alpha value is -2.33. The Balaban J connectivity index is 1.45. The zero-order valence-electron chi connectivity index (χ0n) is 15.9. The van der Waals surface area contributed by atoms with E-state index in [0.717, 1.165) is 42.5 Å². The minimum atomic E-state index is -0.111. The molecule has 0 N–H and O–H groups in total. The second-order valence-corrected chi connectivity index (χ2v) is 8.10. The molecule has 2 aliphatic rings. The van der Waals surface area contributed by atoms with Crippen LogP contribution in [0.4, 0.5) is 0 Å². The van der Waals surface area contributed by atoms with Crippen LogP contribution in [-0.4, -0.2) is 29.2 Å². The molecule has 0 bridgehead atoms. The van der Waals surface area contributed by atoms with Crippen LogP contribution >= 0.6 is 11.6 Å². The highest BCUT2D eigenvalue weighted by atomic mass is 35.5. The molecule has 4 rings (SSSR count). The van der Waals surface area contributed by atoms with E-state index < -0.39 is 0 Å². The summed E-state index contributed by atoms with van der Waals surface area (Å²) in [5.74, 6) is 0.365. The Morgan fingerprint density at radius 1 is 1.11 bits per heavy atom. The number of rotatable bonds is 6. The molecule has 0 spiro atoms. The molecular weight excluding hydrogens is 372 g/mol. The van der Waals surface area contributed by atoms with Gasteiger partial charge in [-0.15, -0.1) is 0 Å². The summed E-state index contributed by atoms with van der Waals surface area (Å²) in [5.41, 5.74) is 3.07. The van der Waals surface area contributed by atoms with E-state index in [9.17, 15) is 4.79 Å². The zero-order chi connectivity index (χ0) is 19.3. The number of nitrogens with zero attached hydrogens (tertiary/aromatic N) is 2. The smallest absolute Gasteiger partial charge is 0.226 e. The van der Waals surface area contributed by atoms with Gasteiger partial charge in [0.05, 0.1) is 12.3 Å². The minimum Gasteiger partial charge on any atom is -0.390 e. The van der Waals surface area contributed by atoms with Crippen molar-refractivity contribution in [3.8, 4) is 0 Å². The lowest BCUT2D eigenvalue weighted by Gasteiger charge is -2.27. The highest BCUT2D eigenvalue weighted by molar-refractivity contribution is 6.30. The topological polar surface area (TPSA) is 41.9 Å². The average molecular weight is 397 g/mol. The van der Waals surface area contributed by atoms with Gasteiger partial charge < -0.3 is 9.74 Å². The van der Waals surface area contributed by atoms with E-state index in [0.29, 0.717) is 24.5 Å². The monoisotopic (exact) mass is 396 g/mol. The lowest BCUT2D eigenvalue weighted by Crippen LogP contribution is -2.40. The minimum absolute atomic E-state index is 0.111. The summed E-state index contributed by atoms with van der Waals surface area (Å²) in [7, 11) is 0. The molecule has 4 nitrogen and oxygen atoms in total. The van der Waals surface area contributed by atoms with Crippen molar-refractivity contribution in [1.29, 1.82) is 0 Å². The third kappa shape index (κ3) is 4.56. The van der Waals surface area contributed by atoms with Gasteiger partial charge in [-0.25, -0.2) is 0 Å². The second kappa shape index (κ2) is 8.78. The van der Waals surface area contributed by atoms with Crippen molar-refractivity contribution in [3.05, 3.63) is 70.7 Å². The molecule has 1 amide bonds. The first-order valence-electron chi connectivity index (χ1n) is 10.0. The van der Waals surface area contributed by atoms with Crippen molar-refractivity contribution in [2.45, 2.75) is 44.8 Å². The third-order valence-corrected chi connectivity index (χ3v) is 5.78. The Labute approximate surface area is 171 Å². The molecule has 0 saturated heterocycles. The van der Waals surface area contributed by atoms with E-state index in [1.54, 1.807) is 0 Å². The van der Waals surface area contributed by atoms with Crippen molar-refractivity contribution < 1.29 is 9.63 Å². The highest BCUT2D eigenvalue weighted by Crippen LogP contribution is 2.28. The molecule has 1 aliphatic carbocycles. The standard InChI is InChI=1S/C23H25ClN2O2/c24-20-12-6-7-17(13-20)15-26(23(27)19-10-4-5-11-19)16-21-14-22(25-28-21)18-8-2-1-3-9-18/h1-3,6-9,12-13,19,21H,4-5,10-11,14-16H2/t21-/m0/s1. The molecule has 1 aliphatic heterocycles. The number of amides is 1. The third-order valence-electron chi connectivity index (χ3n) is 5.54. The van der Waals surface area contributed by atoms with E-state index in [1.807, 2.05) is 59.5 Å². The van der Waals surface area contributed by atoms with Gasteiger partial charge in [0.25, 0.3) is 0 Å². The summed E-state index contributed by atoms with van der Waals surface area (Å²) >= 11 is 6.15. The molecule has 0 radical (unpaired) electrons. The molecule has 1 saturated carbocycles. The van der Waals surface area contributed by atoms with E-state index in [-0.39, 0.29) is 17.9 Å². The molecule has 146 valence electrons. The molecule has 2 aromatic carbocycles. The largest absolute Gasteiger partial charge is 0.390 e. The number of oxime groups is 1. The predicted molar refractivity (Wildman–Crippen MR) is 111 cm³/mol. The van der Waals surface area contributed by atoms with E-state index in [2.05, 4.69) is 5.16 Å². The summed E-state index contributed by atoms with van der Waals surface area (Å²) in [6.07, 6.45) is 4.86. The van der Waals surface area contributed by atoms with Gasteiger partial charge in [-0.3, -0.25) is 4.79 Å². The van der Waals surface area contributed by atoms with E-state index >= 15 is 0 Å². The maximum absolute atomic E-state index is 13.2. The number of benzene rings is 2. The van der Waals surface area contributed by atoms with Crippen LogP contribution in [0.5, 0.6) is 0 Å². The SMILES string of the molecule is O=C(C1CCCC1)N(Cc1cccc(Cl)c1)C[C@@H]1CC(c2ccccc2)=NO1.